The molecule has 1 spiro atoms. The molecule has 1 aromatic carbocycles. The number of hydrogen-bond donors (Lipinski definition) is 0. The molecule has 2 heterocycles. The lowest BCUT2D eigenvalue weighted by atomic mass is 10.0. The first kappa shape index (κ1) is 19.6. The van der Waals surface area contributed by atoms with Gasteiger partial charge in [0.1, 0.15) is 0 Å². The van der Waals surface area contributed by atoms with Gasteiger partial charge in [-0.15, -0.1) is 0 Å². The van der Waals surface area contributed by atoms with Gasteiger partial charge in [0.25, 0.3) is 11.7 Å². The molecular formula is C18H21F3N2O4. The third kappa shape index (κ3) is 3.29. The molecule has 0 unspecified atom stereocenters. The van der Waals surface area contributed by atoms with Gasteiger partial charge in [0, 0.05) is 24.8 Å². The average Bonchev–Trinajstić information content (AvgIpc) is 2.86. The number of halogens is 3. The van der Waals surface area contributed by atoms with Crippen LogP contribution in [-0.4, -0.2) is 44.8 Å². The maximum atomic E-state index is 13.0. The molecule has 0 N–H and O–H groups in total. The van der Waals surface area contributed by atoms with Crippen LogP contribution in [-0.2, 0) is 24.8 Å². The Kier molecular flexibility index (Phi) is 5.18. The number of ether oxygens (including phenoxy) is 2. The molecule has 0 aliphatic carbocycles. The molecule has 3 rings (SSSR count). The second-order valence-electron chi connectivity index (χ2n) is 6.54. The van der Waals surface area contributed by atoms with Gasteiger partial charge in [-0.25, -0.2) is 0 Å². The smallest absolute Gasteiger partial charge is 0.338 e. The van der Waals surface area contributed by atoms with E-state index in [9.17, 15) is 22.8 Å². The van der Waals surface area contributed by atoms with Crippen molar-refractivity contribution in [1.29, 1.82) is 0 Å². The summed E-state index contributed by atoms with van der Waals surface area (Å²) < 4.78 is 49.7. The summed E-state index contributed by atoms with van der Waals surface area (Å²) in [5, 5.41) is 0. The molecule has 0 radical (unpaired) electrons. The summed E-state index contributed by atoms with van der Waals surface area (Å²) in [6.07, 6.45) is -2.75. The molecular weight excluding hydrogens is 365 g/mol. The van der Waals surface area contributed by atoms with E-state index in [2.05, 4.69) is 0 Å². The first-order valence-electron chi connectivity index (χ1n) is 8.81. The molecule has 1 saturated heterocycles. The highest BCUT2D eigenvalue weighted by Crippen LogP contribution is 2.46. The monoisotopic (exact) mass is 386 g/mol. The van der Waals surface area contributed by atoms with Crippen LogP contribution in [0.3, 0.4) is 0 Å². The Balaban J connectivity index is 2.03. The Morgan fingerprint density at radius 3 is 2.56 bits per heavy atom. The van der Waals surface area contributed by atoms with Crippen LogP contribution in [0.15, 0.2) is 18.2 Å². The van der Waals surface area contributed by atoms with E-state index < -0.39 is 17.9 Å². The number of nitrogens with zero attached hydrogens (tertiary/aromatic N) is 2. The molecule has 0 saturated carbocycles. The zero-order valence-electron chi connectivity index (χ0n) is 15.1. The number of alkyl halides is 3. The van der Waals surface area contributed by atoms with Crippen molar-refractivity contribution in [3.63, 3.8) is 0 Å². The van der Waals surface area contributed by atoms with Crippen molar-refractivity contribution >= 4 is 23.2 Å². The molecule has 9 heteroatoms. The standard InChI is InChI=1S/C18H21F3N2O4/c1-3-4-8-23-14-7-6-12(22(2)16(25)18(19,20)21)11-13(14)17(15(23)24)26-9-5-10-27-17/h6-7,11H,3-5,8-10H2,1-2H3. The van der Waals surface area contributed by atoms with E-state index in [-0.39, 0.29) is 11.6 Å². The van der Waals surface area contributed by atoms with Crippen molar-refractivity contribution in [3.8, 4) is 0 Å². The maximum absolute atomic E-state index is 13.0. The van der Waals surface area contributed by atoms with Crippen molar-refractivity contribution in [3.05, 3.63) is 23.8 Å². The molecule has 2 aliphatic heterocycles. The van der Waals surface area contributed by atoms with Gasteiger partial charge >= 0.3 is 12.1 Å². The maximum Gasteiger partial charge on any atom is 0.471 e. The molecule has 6 nitrogen and oxygen atoms in total. The van der Waals surface area contributed by atoms with Crippen LogP contribution >= 0.6 is 0 Å². The summed E-state index contributed by atoms with van der Waals surface area (Å²) in [5.41, 5.74) is 0.882. The number of carbonyl (C=O) groups is 2. The Morgan fingerprint density at radius 2 is 1.96 bits per heavy atom. The van der Waals surface area contributed by atoms with Crippen LogP contribution in [0.25, 0.3) is 0 Å². The highest BCUT2D eigenvalue weighted by molar-refractivity contribution is 6.07. The van der Waals surface area contributed by atoms with Gasteiger partial charge in [-0.1, -0.05) is 13.3 Å². The molecule has 2 aliphatic rings. The molecule has 1 fully saturated rings. The second-order valence-corrected chi connectivity index (χ2v) is 6.54. The fourth-order valence-electron chi connectivity index (χ4n) is 3.29. The Hall–Kier alpha value is -2.13. The molecule has 2 amide bonds. The number of rotatable bonds is 4. The number of fused-ring (bicyclic) bond motifs is 2. The van der Waals surface area contributed by atoms with Gasteiger partial charge in [0.05, 0.1) is 18.9 Å². The molecule has 27 heavy (non-hydrogen) atoms. The lowest BCUT2D eigenvalue weighted by Gasteiger charge is -2.32. The van der Waals surface area contributed by atoms with E-state index >= 15 is 0 Å². The number of anilines is 2. The van der Waals surface area contributed by atoms with Crippen LogP contribution in [0.2, 0.25) is 0 Å². The van der Waals surface area contributed by atoms with Gasteiger partial charge in [-0.2, -0.15) is 13.2 Å². The van der Waals surface area contributed by atoms with Gasteiger partial charge < -0.3 is 19.3 Å². The highest BCUT2D eigenvalue weighted by atomic mass is 19.4. The zero-order valence-corrected chi connectivity index (χ0v) is 15.1. The van der Waals surface area contributed by atoms with Crippen LogP contribution in [0.1, 0.15) is 31.7 Å². The molecule has 148 valence electrons. The van der Waals surface area contributed by atoms with Gasteiger partial charge in [-0.05, 0) is 31.0 Å². The summed E-state index contributed by atoms with van der Waals surface area (Å²) >= 11 is 0. The lowest BCUT2D eigenvalue weighted by molar-refractivity contribution is -0.256. The summed E-state index contributed by atoms with van der Waals surface area (Å²) in [6, 6.07) is 4.29. The largest absolute Gasteiger partial charge is 0.471 e. The fourth-order valence-corrected chi connectivity index (χ4v) is 3.29. The minimum atomic E-state index is -4.99. The van der Waals surface area contributed by atoms with Gasteiger partial charge in [0.2, 0.25) is 0 Å². The summed E-state index contributed by atoms with van der Waals surface area (Å²) in [7, 11) is 1.04. The predicted octanol–water partition coefficient (Wildman–Crippen LogP) is 2.95. The van der Waals surface area contributed by atoms with Crippen molar-refractivity contribution in [2.75, 3.05) is 36.6 Å². The van der Waals surface area contributed by atoms with Crippen LogP contribution in [0.4, 0.5) is 24.5 Å². The second kappa shape index (κ2) is 7.12. The van der Waals surface area contributed by atoms with Crippen LogP contribution < -0.4 is 9.80 Å². The van der Waals surface area contributed by atoms with E-state index in [1.807, 2.05) is 6.92 Å². The predicted molar refractivity (Wildman–Crippen MR) is 91.4 cm³/mol. The minimum absolute atomic E-state index is 0.0124. The molecule has 1 aromatic rings. The summed E-state index contributed by atoms with van der Waals surface area (Å²) in [5.74, 6) is -4.03. The summed E-state index contributed by atoms with van der Waals surface area (Å²) in [4.78, 5) is 26.6. The van der Waals surface area contributed by atoms with Gasteiger partial charge in [-0.3, -0.25) is 9.59 Å². The number of benzene rings is 1. The Labute approximate surface area is 154 Å². The van der Waals surface area contributed by atoms with Crippen LogP contribution in [0.5, 0.6) is 0 Å². The summed E-state index contributed by atoms with van der Waals surface area (Å²) in [6.45, 7) is 3.04. The Morgan fingerprint density at radius 1 is 1.30 bits per heavy atom. The van der Waals surface area contributed by atoms with Crippen molar-refractivity contribution in [2.45, 2.75) is 38.1 Å². The number of hydrogen-bond acceptors (Lipinski definition) is 4. The topological polar surface area (TPSA) is 59.1 Å². The number of carbonyl (C=O) groups excluding carboxylic acids is 2. The zero-order chi connectivity index (χ0) is 19.8. The minimum Gasteiger partial charge on any atom is -0.338 e. The highest BCUT2D eigenvalue weighted by Gasteiger charge is 2.55. The number of unbranched alkanes of at least 4 members (excludes halogenated alkanes) is 1. The van der Waals surface area contributed by atoms with E-state index in [0.29, 0.717) is 42.3 Å². The SMILES string of the molecule is CCCCN1C(=O)C2(OCCCO2)c2cc(N(C)C(=O)C(F)(F)F)ccc21. The molecule has 0 atom stereocenters. The van der Waals surface area contributed by atoms with E-state index in [1.165, 1.54) is 18.2 Å². The van der Waals surface area contributed by atoms with Crippen LogP contribution in [0, 0.1) is 0 Å². The first-order chi connectivity index (χ1) is 12.7. The van der Waals surface area contributed by atoms with E-state index in [1.54, 1.807) is 4.90 Å². The fraction of sp³-hybridized carbons (Fsp3) is 0.556. The van der Waals surface area contributed by atoms with Crippen molar-refractivity contribution in [2.24, 2.45) is 0 Å². The number of amides is 2. The lowest BCUT2D eigenvalue weighted by Crippen LogP contribution is -2.47. The quantitative estimate of drug-likeness (QED) is 0.798. The third-order valence-corrected chi connectivity index (χ3v) is 4.72. The third-order valence-electron chi connectivity index (χ3n) is 4.72. The van der Waals surface area contributed by atoms with E-state index in [0.717, 1.165) is 19.9 Å². The first-order valence-corrected chi connectivity index (χ1v) is 8.81. The average molecular weight is 386 g/mol. The van der Waals surface area contributed by atoms with Crippen molar-refractivity contribution in [1.82, 2.24) is 0 Å². The van der Waals surface area contributed by atoms with Gasteiger partial charge in [0.15, 0.2) is 0 Å². The van der Waals surface area contributed by atoms with Crippen molar-refractivity contribution < 1.29 is 32.2 Å². The normalized spacial score (nSPS) is 18.7. The van der Waals surface area contributed by atoms with E-state index in [4.69, 9.17) is 9.47 Å². The molecule has 0 aromatic heterocycles. The Bertz CT molecular complexity index is 745. The molecule has 0 bridgehead atoms.